The number of aryl methyl sites for hydroxylation is 1. The Morgan fingerprint density at radius 3 is 2.79 bits per heavy atom. The molecule has 0 aromatic carbocycles. The number of unbranched alkanes of at least 4 members (excludes halogenated alkanes) is 1. The third-order valence-electron chi connectivity index (χ3n) is 5.61. The standard InChI is InChI=1S/C19H28N6O3/c1-3-5-8-15-21-25(19(27)23(15)4-2)12-16(26)24-11-6-7-14(24)18-20-17(22-28-18)13-9-10-13/h13-14H,3-12H2,1-2H3/t14-/m0/s1. The van der Waals surface area contributed by atoms with Crippen LogP contribution in [0.3, 0.4) is 0 Å². The third-order valence-corrected chi connectivity index (χ3v) is 5.61. The topological polar surface area (TPSA) is 99.1 Å². The van der Waals surface area contributed by atoms with Gasteiger partial charge >= 0.3 is 5.69 Å². The second kappa shape index (κ2) is 7.89. The van der Waals surface area contributed by atoms with Gasteiger partial charge in [0.15, 0.2) is 5.82 Å². The van der Waals surface area contributed by atoms with Gasteiger partial charge in [-0.1, -0.05) is 18.5 Å². The minimum atomic E-state index is -0.216. The van der Waals surface area contributed by atoms with Crippen molar-refractivity contribution in [3.05, 3.63) is 28.0 Å². The molecular formula is C19H28N6O3. The summed E-state index contributed by atoms with van der Waals surface area (Å²) < 4.78 is 8.40. The van der Waals surface area contributed by atoms with Gasteiger partial charge in [-0.15, -0.1) is 0 Å². The summed E-state index contributed by atoms with van der Waals surface area (Å²) in [5.41, 5.74) is -0.216. The fraction of sp³-hybridized carbons (Fsp3) is 0.737. The molecule has 0 radical (unpaired) electrons. The van der Waals surface area contributed by atoms with Crippen LogP contribution in [0.2, 0.25) is 0 Å². The monoisotopic (exact) mass is 388 g/mol. The van der Waals surface area contributed by atoms with Crippen LogP contribution in [-0.2, 0) is 24.3 Å². The molecule has 9 nitrogen and oxygen atoms in total. The molecule has 3 heterocycles. The Morgan fingerprint density at radius 1 is 1.25 bits per heavy atom. The summed E-state index contributed by atoms with van der Waals surface area (Å²) in [6.07, 6.45) is 6.66. The van der Waals surface area contributed by atoms with Crippen molar-refractivity contribution in [3.8, 4) is 0 Å². The maximum Gasteiger partial charge on any atom is 0.346 e. The molecule has 2 fully saturated rings. The quantitative estimate of drug-likeness (QED) is 0.686. The summed E-state index contributed by atoms with van der Waals surface area (Å²) in [7, 11) is 0. The molecule has 2 aromatic heterocycles. The number of aromatic nitrogens is 5. The number of hydrogen-bond acceptors (Lipinski definition) is 6. The molecule has 1 aliphatic carbocycles. The lowest BCUT2D eigenvalue weighted by atomic mass is 10.2. The van der Waals surface area contributed by atoms with E-state index in [0.717, 1.165) is 56.6 Å². The van der Waals surface area contributed by atoms with E-state index >= 15 is 0 Å². The van der Waals surface area contributed by atoms with Crippen molar-refractivity contribution in [2.24, 2.45) is 0 Å². The highest BCUT2D eigenvalue weighted by Gasteiger charge is 2.36. The molecule has 1 amide bonds. The highest BCUT2D eigenvalue weighted by molar-refractivity contribution is 5.76. The number of amides is 1. The Labute approximate surface area is 163 Å². The Kier molecular flexibility index (Phi) is 5.32. The Bertz CT molecular complexity index is 894. The molecule has 9 heteroatoms. The predicted octanol–water partition coefficient (Wildman–Crippen LogP) is 2.03. The fourth-order valence-corrected chi connectivity index (χ4v) is 3.86. The van der Waals surface area contributed by atoms with E-state index in [4.69, 9.17) is 4.52 Å². The van der Waals surface area contributed by atoms with E-state index in [2.05, 4.69) is 22.2 Å². The van der Waals surface area contributed by atoms with Crippen LogP contribution >= 0.6 is 0 Å². The van der Waals surface area contributed by atoms with Crippen LogP contribution in [0, 0.1) is 0 Å². The summed E-state index contributed by atoms with van der Waals surface area (Å²) >= 11 is 0. The second-order valence-corrected chi connectivity index (χ2v) is 7.71. The van der Waals surface area contributed by atoms with Gasteiger partial charge in [-0.3, -0.25) is 9.36 Å². The number of hydrogen-bond donors (Lipinski definition) is 0. The van der Waals surface area contributed by atoms with Crippen LogP contribution in [0.4, 0.5) is 0 Å². The second-order valence-electron chi connectivity index (χ2n) is 7.71. The van der Waals surface area contributed by atoms with Gasteiger partial charge in [0.2, 0.25) is 11.8 Å². The molecule has 4 rings (SSSR count). The highest BCUT2D eigenvalue weighted by Crippen LogP contribution is 2.39. The first-order chi connectivity index (χ1) is 13.6. The van der Waals surface area contributed by atoms with Gasteiger partial charge in [0.25, 0.3) is 0 Å². The first-order valence-electron chi connectivity index (χ1n) is 10.4. The average Bonchev–Trinajstić information content (AvgIpc) is 3.12. The van der Waals surface area contributed by atoms with Crippen LogP contribution in [0.1, 0.15) is 81.9 Å². The molecule has 1 saturated heterocycles. The lowest BCUT2D eigenvalue weighted by Gasteiger charge is -2.21. The van der Waals surface area contributed by atoms with E-state index in [-0.39, 0.29) is 24.2 Å². The number of carbonyl (C=O) groups excluding carboxylic acids is 1. The molecule has 0 unspecified atom stereocenters. The van der Waals surface area contributed by atoms with Gasteiger partial charge in [-0.05, 0) is 39.0 Å². The molecule has 152 valence electrons. The zero-order valence-electron chi connectivity index (χ0n) is 16.6. The molecular weight excluding hydrogens is 360 g/mol. The maximum atomic E-state index is 13.0. The number of rotatable bonds is 8. The van der Waals surface area contributed by atoms with Crippen molar-refractivity contribution in [1.82, 2.24) is 29.4 Å². The van der Waals surface area contributed by atoms with Crippen molar-refractivity contribution in [2.75, 3.05) is 6.54 Å². The lowest BCUT2D eigenvalue weighted by Crippen LogP contribution is -2.37. The molecule has 2 aliphatic rings. The minimum absolute atomic E-state index is 0.0505. The summed E-state index contributed by atoms with van der Waals surface area (Å²) in [6, 6.07) is -0.198. The summed E-state index contributed by atoms with van der Waals surface area (Å²) in [4.78, 5) is 31.9. The Balaban J connectivity index is 1.49. The van der Waals surface area contributed by atoms with Crippen molar-refractivity contribution in [2.45, 2.75) is 83.8 Å². The fourth-order valence-electron chi connectivity index (χ4n) is 3.86. The molecule has 1 atom stereocenters. The largest absolute Gasteiger partial charge is 0.346 e. The lowest BCUT2D eigenvalue weighted by molar-refractivity contribution is -0.133. The molecule has 0 spiro atoms. The van der Waals surface area contributed by atoms with Crippen molar-refractivity contribution < 1.29 is 9.32 Å². The van der Waals surface area contributed by atoms with E-state index < -0.39 is 0 Å². The normalized spacial score (nSPS) is 19.5. The first kappa shape index (κ1) is 18.9. The molecule has 0 bridgehead atoms. The van der Waals surface area contributed by atoms with Gasteiger partial charge in [0.1, 0.15) is 18.4 Å². The number of carbonyl (C=O) groups is 1. The number of nitrogens with zero attached hydrogens (tertiary/aromatic N) is 6. The van der Waals surface area contributed by atoms with Gasteiger partial charge in [0, 0.05) is 25.4 Å². The smallest absolute Gasteiger partial charge is 0.337 e. The van der Waals surface area contributed by atoms with Crippen LogP contribution in [-0.4, -0.2) is 41.8 Å². The summed E-state index contributed by atoms with van der Waals surface area (Å²) in [5, 5.41) is 8.51. The Hall–Kier alpha value is -2.45. The van der Waals surface area contributed by atoms with E-state index in [1.165, 1.54) is 4.68 Å². The van der Waals surface area contributed by atoms with E-state index in [0.29, 0.717) is 24.9 Å². The zero-order valence-corrected chi connectivity index (χ0v) is 16.6. The van der Waals surface area contributed by atoms with E-state index in [9.17, 15) is 9.59 Å². The zero-order chi connectivity index (χ0) is 19.7. The first-order valence-corrected chi connectivity index (χ1v) is 10.4. The van der Waals surface area contributed by atoms with Crippen molar-refractivity contribution >= 4 is 5.91 Å². The third kappa shape index (κ3) is 3.62. The molecule has 1 saturated carbocycles. The maximum absolute atomic E-state index is 13.0. The van der Waals surface area contributed by atoms with E-state index in [1.807, 2.05) is 6.92 Å². The van der Waals surface area contributed by atoms with Crippen molar-refractivity contribution in [3.63, 3.8) is 0 Å². The molecule has 2 aromatic rings. The molecule has 1 aliphatic heterocycles. The molecule has 28 heavy (non-hydrogen) atoms. The number of likely N-dealkylation sites (tertiary alicyclic amines) is 1. The van der Waals surface area contributed by atoms with Gasteiger partial charge in [-0.2, -0.15) is 10.1 Å². The van der Waals surface area contributed by atoms with Crippen LogP contribution in [0.5, 0.6) is 0 Å². The summed E-state index contributed by atoms with van der Waals surface area (Å²) in [5.74, 6) is 2.32. The SMILES string of the molecule is CCCCc1nn(CC(=O)N2CCC[C@H]2c2nc(C3CC3)no2)c(=O)n1CC. The van der Waals surface area contributed by atoms with Crippen molar-refractivity contribution in [1.29, 1.82) is 0 Å². The van der Waals surface area contributed by atoms with Gasteiger partial charge in [-0.25, -0.2) is 9.48 Å². The van der Waals surface area contributed by atoms with Crippen LogP contribution < -0.4 is 5.69 Å². The van der Waals surface area contributed by atoms with E-state index in [1.54, 1.807) is 9.47 Å². The average molecular weight is 388 g/mol. The minimum Gasteiger partial charge on any atom is -0.337 e. The predicted molar refractivity (Wildman–Crippen MR) is 101 cm³/mol. The molecule has 0 N–H and O–H groups in total. The highest BCUT2D eigenvalue weighted by atomic mass is 16.5. The van der Waals surface area contributed by atoms with Crippen LogP contribution in [0.15, 0.2) is 9.32 Å². The van der Waals surface area contributed by atoms with Gasteiger partial charge in [0.05, 0.1) is 0 Å². The Morgan fingerprint density at radius 2 is 2.07 bits per heavy atom. The van der Waals surface area contributed by atoms with Crippen LogP contribution in [0.25, 0.3) is 0 Å². The summed E-state index contributed by atoms with van der Waals surface area (Å²) in [6.45, 7) is 5.18. The van der Waals surface area contributed by atoms with Gasteiger partial charge < -0.3 is 9.42 Å².